The van der Waals surface area contributed by atoms with Gasteiger partial charge in [0.25, 0.3) is 0 Å². The predicted octanol–water partition coefficient (Wildman–Crippen LogP) is 3.24. The molecule has 1 saturated heterocycles. The lowest BCUT2D eigenvalue weighted by Gasteiger charge is -2.16. The first kappa shape index (κ1) is 11.3. The second kappa shape index (κ2) is 4.34. The summed E-state index contributed by atoms with van der Waals surface area (Å²) in [7, 11) is 0. The van der Waals surface area contributed by atoms with Crippen LogP contribution in [0.1, 0.15) is 25.5 Å². The zero-order valence-electron chi connectivity index (χ0n) is 9.31. The number of hydrogen-bond donors (Lipinski definition) is 0. The van der Waals surface area contributed by atoms with Crippen LogP contribution >= 0.6 is 11.6 Å². The minimum Gasteiger partial charge on any atom is -0.439 e. The molecule has 1 aromatic rings. The normalized spacial score (nSPS) is 20.4. The summed E-state index contributed by atoms with van der Waals surface area (Å²) in [6, 6.07) is 7.60. The Morgan fingerprint density at radius 1 is 1.50 bits per heavy atom. The quantitative estimate of drug-likeness (QED) is 0.793. The van der Waals surface area contributed by atoms with Crippen LogP contribution in [0.3, 0.4) is 0 Å². The lowest BCUT2D eigenvalue weighted by Crippen LogP contribution is -2.31. The first-order valence-electron chi connectivity index (χ1n) is 5.30. The fourth-order valence-electron chi connectivity index (χ4n) is 1.78. The Labute approximate surface area is 100.0 Å². The number of ether oxygens (including phenoxy) is 1. The summed E-state index contributed by atoms with van der Waals surface area (Å²) in [6.45, 7) is 4.54. The Morgan fingerprint density at radius 3 is 2.81 bits per heavy atom. The summed E-state index contributed by atoms with van der Waals surface area (Å²) >= 11 is 5.90. The van der Waals surface area contributed by atoms with Crippen molar-refractivity contribution in [1.82, 2.24) is 4.90 Å². The number of amides is 1. The smallest absolute Gasteiger partial charge is 0.410 e. The van der Waals surface area contributed by atoms with Crippen LogP contribution in [-0.4, -0.2) is 23.6 Å². The van der Waals surface area contributed by atoms with Gasteiger partial charge in [0.2, 0.25) is 0 Å². The van der Waals surface area contributed by atoms with Crippen LogP contribution in [-0.2, 0) is 4.74 Å². The first-order chi connectivity index (χ1) is 7.58. The van der Waals surface area contributed by atoms with Crippen LogP contribution < -0.4 is 0 Å². The van der Waals surface area contributed by atoms with Crippen molar-refractivity contribution in [3.63, 3.8) is 0 Å². The second-order valence-corrected chi connectivity index (χ2v) is 4.61. The van der Waals surface area contributed by atoms with E-state index < -0.39 is 0 Å². The van der Waals surface area contributed by atoms with E-state index in [0.29, 0.717) is 11.6 Å². The van der Waals surface area contributed by atoms with Crippen LogP contribution in [0.4, 0.5) is 4.79 Å². The topological polar surface area (TPSA) is 29.5 Å². The number of benzene rings is 1. The molecule has 86 valence electrons. The number of halogens is 1. The summed E-state index contributed by atoms with van der Waals surface area (Å²) in [5, 5.41) is 0.663. The van der Waals surface area contributed by atoms with Gasteiger partial charge in [0, 0.05) is 11.1 Å². The van der Waals surface area contributed by atoms with E-state index in [4.69, 9.17) is 16.3 Å². The van der Waals surface area contributed by atoms with Crippen molar-refractivity contribution in [2.75, 3.05) is 6.54 Å². The van der Waals surface area contributed by atoms with Gasteiger partial charge in [-0.15, -0.1) is 0 Å². The van der Waals surface area contributed by atoms with Crippen molar-refractivity contribution in [1.29, 1.82) is 0 Å². The Hall–Kier alpha value is -1.22. The number of nitrogens with zero attached hydrogens (tertiary/aromatic N) is 1. The minimum absolute atomic E-state index is 0.164. The molecule has 0 N–H and O–H groups in total. The molecule has 0 radical (unpaired) electrons. The van der Waals surface area contributed by atoms with Crippen molar-refractivity contribution in [3.05, 3.63) is 34.9 Å². The molecule has 1 atom stereocenters. The minimum atomic E-state index is -0.250. The number of hydrogen-bond acceptors (Lipinski definition) is 2. The maximum Gasteiger partial charge on any atom is 0.410 e. The van der Waals surface area contributed by atoms with Crippen LogP contribution in [0.15, 0.2) is 24.3 Å². The monoisotopic (exact) mass is 239 g/mol. The van der Waals surface area contributed by atoms with Gasteiger partial charge < -0.3 is 9.64 Å². The highest BCUT2D eigenvalue weighted by atomic mass is 35.5. The number of carbonyl (C=O) groups excluding carboxylic acids is 1. The number of carbonyl (C=O) groups is 1. The maximum absolute atomic E-state index is 11.6. The molecule has 1 aromatic carbocycles. The molecule has 3 nitrogen and oxygen atoms in total. The Kier molecular flexibility index (Phi) is 3.06. The molecule has 1 aliphatic heterocycles. The molecule has 1 heterocycles. The van der Waals surface area contributed by atoms with Crippen LogP contribution in [0.2, 0.25) is 5.02 Å². The van der Waals surface area contributed by atoms with E-state index in [9.17, 15) is 4.79 Å². The zero-order valence-corrected chi connectivity index (χ0v) is 10.1. The van der Waals surface area contributed by atoms with Crippen molar-refractivity contribution in [3.8, 4) is 0 Å². The molecule has 2 rings (SSSR count). The fraction of sp³-hybridized carbons (Fsp3) is 0.417. The third-order valence-corrected chi connectivity index (χ3v) is 2.92. The summed E-state index contributed by atoms with van der Waals surface area (Å²) in [5.74, 6) is 0. The summed E-state index contributed by atoms with van der Waals surface area (Å²) in [4.78, 5) is 13.3. The van der Waals surface area contributed by atoms with Crippen LogP contribution in [0, 0.1) is 0 Å². The van der Waals surface area contributed by atoms with E-state index in [1.54, 1.807) is 4.90 Å². The van der Waals surface area contributed by atoms with E-state index in [0.717, 1.165) is 5.56 Å². The van der Waals surface area contributed by atoms with E-state index in [1.165, 1.54) is 0 Å². The molecule has 1 amide bonds. The Bertz CT molecular complexity index is 406. The maximum atomic E-state index is 11.6. The van der Waals surface area contributed by atoms with Gasteiger partial charge in [-0.05, 0) is 31.5 Å². The predicted molar refractivity (Wildman–Crippen MR) is 62.5 cm³/mol. The first-order valence-corrected chi connectivity index (χ1v) is 5.68. The fourth-order valence-corrected chi connectivity index (χ4v) is 1.98. The van der Waals surface area contributed by atoms with Gasteiger partial charge in [-0.2, -0.15) is 0 Å². The highest BCUT2D eigenvalue weighted by molar-refractivity contribution is 6.30. The Morgan fingerprint density at radius 2 is 2.25 bits per heavy atom. The molecule has 0 bridgehead atoms. The van der Waals surface area contributed by atoms with E-state index in [1.807, 2.05) is 38.1 Å². The van der Waals surface area contributed by atoms with Gasteiger partial charge in [0.05, 0.1) is 6.54 Å². The van der Waals surface area contributed by atoms with Crippen molar-refractivity contribution >= 4 is 17.7 Å². The van der Waals surface area contributed by atoms with Gasteiger partial charge in [-0.1, -0.05) is 23.7 Å². The lowest BCUT2D eigenvalue weighted by atomic mass is 10.1. The molecular weight excluding hydrogens is 226 g/mol. The number of rotatable bonds is 2. The average molecular weight is 240 g/mol. The van der Waals surface area contributed by atoms with Crippen molar-refractivity contribution in [2.24, 2.45) is 0 Å². The molecule has 0 saturated carbocycles. The molecule has 1 aliphatic rings. The van der Waals surface area contributed by atoms with Gasteiger partial charge in [-0.3, -0.25) is 0 Å². The van der Waals surface area contributed by atoms with Crippen molar-refractivity contribution < 1.29 is 9.53 Å². The van der Waals surface area contributed by atoms with Gasteiger partial charge in [0.1, 0.15) is 6.10 Å². The summed E-state index contributed by atoms with van der Waals surface area (Å²) < 4.78 is 5.30. The highest BCUT2D eigenvalue weighted by Gasteiger charge is 2.33. The second-order valence-electron chi connectivity index (χ2n) is 4.17. The van der Waals surface area contributed by atoms with Gasteiger partial charge in [-0.25, -0.2) is 4.79 Å². The SMILES string of the molecule is CC(C)N1C[C@@H](c2cccc(Cl)c2)OC1=O. The molecule has 4 heteroatoms. The third-order valence-electron chi connectivity index (χ3n) is 2.68. The molecule has 0 aromatic heterocycles. The van der Waals surface area contributed by atoms with E-state index in [-0.39, 0.29) is 18.2 Å². The van der Waals surface area contributed by atoms with Crippen LogP contribution in [0.25, 0.3) is 0 Å². The van der Waals surface area contributed by atoms with E-state index >= 15 is 0 Å². The third kappa shape index (κ3) is 2.14. The molecule has 16 heavy (non-hydrogen) atoms. The summed E-state index contributed by atoms with van der Waals surface area (Å²) in [5.41, 5.74) is 0.948. The average Bonchev–Trinajstić information content (AvgIpc) is 2.60. The highest BCUT2D eigenvalue weighted by Crippen LogP contribution is 2.28. The van der Waals surface area contributed by atoms with Crippen LogP contribution in [0.5, 0.6) is 0 Å². The van der Waals surface area contributed by atoms with E-state index in [2.05, 4.69) is 0 Å². The summed E-state index contributed by atoms with van der Waals surface area (Å²) in [6.07, 6.45) is -0.450. The largest absolute Gasteiger partial charge is 0.439 e. The number of cyclic esters (lactones) is 1. The molecule has 0 aliphatic carbocycles. The lowest BCUT2D eigenvalue weighted by molar-refractivity contribution is 0.130. The Balaban J connectivity index is 2.17. The standard InChI is InChI=1S/C12H14ClNO2/c1-8(2)14-7-11(16-12(14)15)9-4-3-5-10(13)6-9/h3-6,8,11H,7H2,1-2H3/t11-/m0/s1. The van der Waals surface area contributed by atoms with Crippen molar-refractivity contribution in [2.45, 2.75) is 26.0 Å². The molecular formula is C12H14ClNO2. The van der Waals surface area contributed by atoms with Gasteiger partial charge >= 0.3 is 6.09 Å². The van der Waals surface area contributed by atoms with Gasteiger partial charge in [0.15, 0.2) is 0 Å². The molecule has 1 fully saturated rings. The zero-order chi connectivity index (χ0) is 11.7. The molecule has 0 spiro atoms. The molecule has 0 unspecified atom stereocenters.